The number of piperazine rings is 1. The van der Waals surface area contributed by atoms with Gasteiger partial charge in [-0.05, 0) is 18.2 Å². The molecule has 3 rings (SSSR count). The number of fused-ring (bicyclic) bond motifs is 1. The highest BCUT2D eigenvalue weighted by Gasteiger charge is 2.23. The smallest absolute Gasteiger partial charge is 0.407 e. The van der Waals surface area contributed by atoms with Crippen LogP contribution in [-0.2, 0) is 0 Å². The van der Waals surface area contributed by atoms with Crippen molar-refractivity contribution in [2.24, 2.45) is 0 Å². The van der Waals surface area contributed by atoms with Gasteiger partial charge in [0.2, 0.25) is 0 Å². The molecule has 1 aromatic heterocycles. The first-order valence-corrected chi connectivity index (χ1v) is 6.72. The molecule has 1 saturated heterocycles. The van der Waals surface area contributed by atoms with Gasteiger partial charge in [-0.1, -0.05) is 21.1 Å². The Morgan fingerprint density at radius 2 is 2.05 bits per heavy atom. The van der Waals surface area contributed by atoms with E-state index >= 15 is 0 Å². The standard InChI is InChI=1S/C12H12BrN3O3/c13-8-1-2-10-9(7-8)11(14-19-10)15-3-5-16(6-4-15)12(17)18/h1-2,7H,3-6H2,(H,17,18). The summed E-state index contributed by atoms with van der Waals surface area (Å²) in [5, 5.41) is 14.0. The van der Waals surface area contributed by atoms with Gasteiger partial charge in [0.1, 0.15) is 0 Å². The summed E-state index contributed by atoms with van der Waals surface area (Å²) in [6.07, 6.45) is -0.868. The molecule has 0 bridgehead atoms. The van der Waals surface area contributed by atoms with Gasteiger partial charge in [0.15, 0.2) is 11.4 Å². The number of amides is 1. The van der Waals surface area contributed by atoms with Crippen LogP contribution in [0.5, 0.6) is 0 Å². The Labute approximate surface area is 117 Å². The molecular weight excluding hydrogens is 314 g/mol. The second-order valence-electron chi connectivity index (χ2n) is 4.40. The van der Waals surface area contributed by atoms with E-state index in [-0.39, 0.29) is 0 Å². The Kier molecular flexibility index (Phi) is 3.06. The van der Waals surface area contributed by atoms with Crippen LogP contribution in [0, 0.1) is 0 Å². The number of rotatable bonds is 1. The molecule has 2 aromatic rings. The molecule has 0 unspecified atom stereocenters. The number of carbonyl (C=O) groups is 1. The monoisotopic (exact) mass is 325 g/mol. The van der Waals surface area contributed by atoms with E-state index in [9.17, 15) is 4.79 Å². The first kappa shape index (κ1) is 12.3. The number of benzene rings is 1. The second kappa shape index (κ2) is 4.73. The molecular formula is C12H12BrN3O3. The van der Waals surface area contributed by atoms with Crippen LogP contribution in [-0.4, -0.2) is 47.4 Å². The predicted molar refractivity (Wildman–Crippen MR) is 73.5 cm³/mol. The maximum Gasteiger partial charge on any atom is 0.407 e. The molecule has 0 radical (unpaired) electrons. The highest BCUT2D eigenvalue weighted by Crippen LogP contribution is 2.29. The van der Waals surface area contributed by atoms with Crippen LogP contribution in [0.4, 0.5) is 10.6 Å². The fourth-order valence-electron chi connectivity index (χ4n) is 2.24. The van der Waals surface area contributed by atoms with Crippen molar-refractivity contribution in [2.45, 2.75) is 0 Å². The van der Waals surface area contributed by atoms with Crippen molar-refractivity contribution in [1.29, 1.82) is 0 Å². The lowest BCUT2D eigenvalue weighted by Crippen LogP contribution is -2.48. The molecule has 6 nitrogen and oxygen atoms in total. The Balaban J connectivity index is 1.85. The zero-order valence-corrected chi connectivity index (χ0v) is 11.6. The number of hydrogen-bond acceptors (Lipinski definition) is 4. The average molecular weight is 326 g/mol. The van der Waals surface area contributed by atoms with Crippen LogP contribution < -0.4 is 4.90 Å². The Bertz CT molecular complexity index is 620. The third kappa shape index (κ3) is 2.25. The largest absolute Gasteiger partial charge is 0.465 e. The van der Waals surface area contributed by atoms with Crippen LogP contribution >= 0.6 is 15.9 Å². The van der Waals surface area contributed by atoms with Gasteiger partial charge in [0, 0.05) is 30.7 Å². The van der Waals surface area contributed by atoms with Crippen LogP contribution in [0.3, 0.4) is 0 Å². The molecule has 100 valence electrons. The van der Waals surface area contributed by atoms with E-state index in [1.807, 2.05) is 18.2 Å². The number of hydrogen-bond donors (Lipinski definition) is 1. The van der Waals surface area contributed by atoms with Gasteiger partial charge in [0.25, 0.3) is 0 Å². The van der Waals surface area contributed by atoms with Crippen LogP contribution in [0.2, 0.25) is 0 Å². The maximum atomic E-state index is 10.9. The maximum absolute atomic E-state index is 10.9. The average Bonchev–Trinajstić information content (AvgIpc) is 2.81. The van der Waals surface area contributed by atoms with E-state index in [4.69, 9.17) is 9.63 Å². The fraction of sp³-hybridized carbons (Fsp3) is 0.333. The van der Waals surface area contributed by atoms with Crippen molar-refractivity contribution in [3.8, 4) is 0 Å². The summed E-state index contributed by atoms with van der Waals surface area (Å²) < 4.78 is 6.26. The van der Waals surface area contributed by atoms with Gasteiger partial charge in [-0.3, -0.25) is 0 Å². The number of carboxylic acid groups (broad SMARTS) is 1. The Hall–Kier alpha value is -1.76. The van der Waals surface area contributed by atoms with Gasteiger partial charge in [-0.2, -0.15) is 0 Å². The highest BCUT2D eigenvalue weighted by molar-refractivity contribution is 9.10. The minimum absolute atomic E-state index is 0.484. The Morgan fingerprint density at radius 3 is 2.74 bits per heavy atom. The molecule has 19 heavy (non-hydrogen) atoms. The van der Waals surface area contributed by atoms with Crippen molar-refractivity contribution in [1.82, 2.24) is 10.1 Å². The summed E-state index contributed by atoms with van der Waals surface area (Å²) in [4.78, 5) is 14.3. The lowest BCUT2D eigenvalue weighted by atomic mass is 10.2. The van der Waals surface area contributed by atoms with Gasteiger partial charge >= 0.3 is 6.09 Å². The molecule has 1 aromatic carbocycles. The van der Waals surface area contributed by atoms with Crippen LogP contribution in [0.1, 0.15) is 0 Å². The van der Waals surface area contributed by atoms with Crippen molar-refractivity contribution in [2.75, 3.05) is 31.1 Å². The second-order valence-corrected chi connectivity index (χ2v) is 5.32. The summed E-state index contributed by atoms with van der Waals surface area (Å²) in [5.41, 5.74) is 0.735. The minimum atomic E-state index is -0.868. The zero-order chi connectivity index (χ0) is 13.4. The van der Waals surface area contributed by atoms with Gasteiger partial charge in [-0.25, -0.2) is 4.79 Å². The van der Waals surface area contributed by atoms with E-state index in [1.54, 1.807) is 0 Å². The first-order valence-electron chi connectivity index (χ1n) is 5.93. The summed E-state index contributed by atoms with van der Waals surface area (Å²) in [7, 11) is 0. The molecule has 1 aliphatic heterocycles. The summed E-state index contributed by atoms with van der Waals surface area (Å²) in [6.45, 7) is 2.22. The van der Waals surface area contributed by atoms with Crippen molar-refractivity contribution in [3.05, 3.63) is 22.7 Å². The van der Waals surface area contributed by atoms with E-state index in [0.717, 1.165) is 21.3 Å². The van der Waals surface area contributed by atoms with E-state index in [1.165, 1.54) is 4.90 Å². The molecule has 0 atom stereocenters. The molecule has 1 fully saturated rings. The zero-order valence-electron chi connectivity index (χ0n) is 10.0. The highest BCUT2D eigenvalue weighted by atomic mass is 79.9. The molecule has 1 aliphatic rings. The van der Waals surface area contributed by atoms with Gasteiger partial charge in [-0.15, -0.1) is 0 Å². The summed E-state index contributed by atoms with van der Waals surface area (Å²) in [5.74, 6) is 0.779. The van der Waals surface area contributed by atoms with Crippen LogP contribution in [0.15, 0.2) is 27.2 Å². The molecule has 0 saturated carbocycles. The summed E-state index contributed by atoms with van der Waals surface area (Å²) in [6, 6.07) is 5.73. The number of nitrogens with zero attached hydrogens (tertiary/aromatic N) is 3. The molecule has 2 heterocycles. The SMILES string of the molecule is O=C(O)N1CCN(c2noc3ccc(Br)cc23)CC1. The lowest BCUT2D eigenvalue weighted by Gasteiger charge is -2.33. The number of aromatic nitrogens is 1. The van der Waals surface area contributed by atoms with E-state index in [0.29, 0.717) is 26.2 Å². The molecule has 7 heteroatoms. The third-order valence-corrected chi connectivity index (χ3v) is 3.76. The topological polar surface area (TPSA) is 69.8 Å². The quantitative estimate of drug-likeness (QED) is 0.871. The number of anilines is 1. The van der Waals surface area contributed by atoms with Crippen LogP contribution in [0.25, 0.3) is 11.0 Å². The van der Waals surface area contributed by atoms with E-state index in [2.05, 4.69) is 26.0 Å². The summed E-state index contributed by atoms with van der Waals surface area (Å²) >= 11 is 3.43. The number of halogens is 1. The molecule has 0 aliphatic carbocycles. The van der Waals surface area contributed by atoms with Crippen molar-refractivity contribution < 1.29 is 14.4 Å². The van der Waals surface area contributed by atoms with E-state index < -0.39 is 6.09 Å². The van der Waals surface area contributed by atoms with Crippen molar-refractivity contribution in [3.63, 3.8) is 0 Å². The minimum Gasteiger partial charge on any atom is -0.465 e. The first-order chi connectivity index (χ1) is 9.15. The lowest BCUT2D eigenvalue weighted by molar-refractivity contribution is 0.142. The Morgan fingerprint density at radius 1 is 1.32 bits per heavy atom. The molecule has 0 spiro atoms. The van der Waals surface area contributed by atoms with Gasteiger partial charge in [0.05, 0.1) is 5.39 Å². The van der Waals surface area contributed by atoms with Gasteiger partial charge < -0.3 is 19.4 Å². The molecule has 1 amide bonds. The fourth-order valence-corrected chi connectivity index (χ4v) is 2.60. The predicted octanol–water partition coefficient (Wildman–Crippen LogP) is 2.39. The van der Waals surface area contributed by atoms with Crippen molar-refractivity contribution >= 4 is 38.8 Å². The normalized spacial score (nSPS) is 16.1. The third-order valence-electron chi connectivity index (χ3n) is 3.26. The molecule has 1 N–H and O–H groups in total.